The maximum atomic E-state index is 11.3. The zero-order chi connectivity index (χ0) is 12.6. The van der Waals surface area contributed by atoms with Crippen LogP contribution in [0.3, 0.4) is 0 Å². The summed E-state index contributed by atoms with van der Waals surface area (Å²) in [6, 6.07) is 0.301. The first-order valence-electron chi connectivity index (χ1n) is 5.74. The van der Waals surface area contributed by atoms with Crippen LogP contribution in [-0.2, 0) is 10.0 Å². The van der Waals surface area contributed by atoms with Crippen molar-refractivity contribution in [1.82, 2.24) is 10.0 Å². The Hall–Kier alpha value is -0.390. The zero-order valence-corrected chi connectivity index (χ0v) is 11.3. The molecular weight excluding hydrogens is 224 g/mol. The Bertz CT molecular complexity index is 288. The lowest BCUT2D eigenvalue weighted by molar-refractivity contribution is 0.411. The molecule has 0 radical (unpaired) electrons. The van der Waals surface area contributed by atoms with E-state index in [9.17, 15) is 8.42 Å². The molecule has 5 heteroatoms. The van der Waals surface area contributed by atoms with Gasteiger partial charge in [0.15, 0.2) is 0 Å². The minimum Gasteiger partial charge on any atom is -0.313 e. The van der Waals surface area contributed by atoms with E-state index < -0.39 is 10.0 Å². The third-order valence-electron chi connectivity index (χ3n) is 2.59. The number of sulfonamides is 1. The summed E-state index contributed by atoms with van der Waals surface area (Å²) >= 11 is 0. The molecule has 0 aliphatic rings. The molecule has 0 fully saturated rings. The first-order valence-corrected chi connectivity index (χ1v) is 7.39. The van der Waals surface area contributed by atoms with E-state index in [2.05, 4.69) is 30.5 Å². The van der Waals surface area contributed by atoms with Crippen LogP contribution in [0.15, 0.2) is 12.7 Å². The molecule has 0 aliphatic heterocycles. The fourth-order valence-electron chi connectivity index (χ4n) is 1.38. The molecule has 0 aromatic heterocycles. The van der Waals surface area contributed by atoms with Crippen molar-refractivity contribution >= 4 is 10.0 Å². The molecule has 2 atom stereocenters. The van der Waals surface area contributed by atoms with Crippen LogP contribution in [0.5, 0.6) is 0 Å². The molecule has 96 valence electrons. The highest BCUT2D eigenvalue weighted by Gasteiger charge is 2.12. The van der Waals surface area contributed by atoms with Gasteiger partial charge in [-0.25, -0.2) is 13.1 Å². The molecule has 0 saturated carbocycles. The topological polar surface area (TPSA) is 58.2 Å². The molecule has 0 aromatic rings. The quantitative estimate of drug-likeness (QED) is 0.601. The van der Waals surface area contributed by atoms with Crippen molar-refractivity contribution in [2.45, 2.75) is 33.2 Å². The second kappa shape index (κ2) is 7.81. The van der Waals surface area contributed by atoms with Crippen molar-refractivity contribution in [3.63, 3.8) is 0 Å². The lowest BCUT2D eigenvalue weighted by Gasteiger charge is -2.20. The predicted molar refractivity (Wildman–Crippen MR) is 68.9 cm³/mol. The van der Waals surface area contributed by atoms with Crippen molar-refractivity contribution in [3.05, 3.63) is 12.7 Å². The predicted octanol–water partition coefficient (Wildman–Crippen LogP) is 1.12. The van der Waals surface area contributed by atoms with Crippen LogP contribution >= 0.6 is 0 Å². The normalized spacial score (nSPS) is 15.7. The standard InChI is InChI=1S/C11H24N2O2S/c1-5-7-10(3)11(4)12-8-9-16(14,15)13-6-2/h5,10-13H,1,6-9H2,2-4H3. The van der Waals surface area contributed by atoms with Gasteiger partial charge in [0.2, 0.25) is 10.0 Å². The van der Waals surface area contributed by atoms with E-state index in [1.807, 2.05) is 6.08 Å². The van der Waals surface area contributed by atoms with E-state index >= 15 is 0 Å². The summed E-state index contributed by atoms with van der Waals surface area (Å²) in [6.07, 6.45) is 2.83. The minimum atomic E-state index is -3.10. The summed E-state index contributed by atoms with van der Waals surface area (Å²) in [5.74, 6) is 0.603. The van der Waals surface area contributed by atoms with Crippen molar-refractivity contribution in [2.75, 3.05) is 18.8 Å². The number of allylic oxidation sites excluding steroid dienone is 1. The van der Waals surface area contributed by atoms with Gasteiger partial charge in [-0.1, -0.05) is 19.9 Å². The first-order chi connectivity index (χ1) is 7.43. The van der Waals surface area contributed by atoms with Crippen molar-refractivity contribution in [1.29, 1.82) is 0 Å². The van der Waals surface area contributed by atoms with E-state index in [4.69, 9.17) is 0 Å². The molecular formula is C11H24N2O2S. The third kappa shape index (κ3) is 6.98. The Morgan fingerprint density at radius 1 is 1.38 bits per heavy atom. The van der Waals surface area contributed by atoms with Crippen LogP contribution in [0.4, 0.5) is 0 Å². The van der Waals surface area contributed by atoms with Gasteiger partial charge in [-0.2, -0.15) is 0 Å². The van der Waals surface area contributed by atoms with Crippen LogP contribution in [0, 0.1) is 5.92 Å². The van der Waals surface area contributed by atoms with Crippen molar-refractivity contribution in [3.8, 4) is 0 Å². The molecule has 0 spiro atoms. The first kappa shape index (κ1) is 15.6. The summed E-state index contributed by atoms with van der Waals surface area (Å²) in [5, 5.41) is 3.21. The number of rotatable bonds is 9. The van der Waals surface area contributed by atoms with Crippen molar-refractivity contribution < 1.29 is 8.42 Å². The van der Waals surface area contributed by atoms with Crippen LogP contribution in [-0.4, -0.2) is 33.3 Å². The number of hydrogen-bond donors (Lipinski definition) is 2. The molecule has 2 unspecified atom stereocenters. The highest BCUT2D eigenvalue weighted by Crippen LogP contribution is 2.07. The molecule has 0 heterocycles. The molecule has 0 aromatic carbocycles. The number of hydrogen-bond acceptors (Lipinski definition) is 3. The Labute approximate surface area is 99.6 Å². The average molecular weight is 248 g/mol. The summed E-state index contributed by atoms with van der Waals surface area (Å²) in [4.78, 5) is 0. The molecule has 0 bridgehead atoms. The second-order valence-electron chi connectivity index (χ2n) is 4.06. The molecule has 0 aliphatic carbocycles. The Morgan fingerprint density at radius 2 is 2.00 bits per heavy atom. The Kier molecular flexibility index (Phi) is 7.62. The van der Waals surface area contributed by atoms with E-state index in [0.717, 1.165) is 6.42 Å². The molecule has 0 rings (SSSR count). The van der Waals surface area contributed by atoms with E-state index in [1.54, 1.807) is 6.92 Å². The van der Waals surface area contributed by atoms with E-state index in [-0.39, 0.29) is 5.75 Å². The fourth-order valence-corrected chi connectivity index (χ4v) is 2.35. The SMILES string of the molecule is C=CCC(C)C(C)NCCS(=O)(=O)NCC. The van der Waals surface area contributed by atoms with Crippen molar-refractivity contribution in [2.24, 2.45) is 5.92 Å². The summed E-state index contributed by atoms with van der Waals surface area (Å²) in [5.41, 5.74) is 0. The molecule has 0 saturated heterocycles. The zero-order valence-electron chi connectivity index (χ0n) is 10.5. The largest absolute Gasteiger partial charge is 0.313 e. The maximum Gasteiger partial charge on any atom is 0.212 e. The lowest BCUT2D eigenvalue weighted by Crippen LogP contribution is -2.38. The van der Waals surface area contributed by atoms with E-state index in [0.29, 0.717) is 25.0 Å². The molecule has 4 nitrogen and oxygen atoms in total. The van der Waals surface area contributed by atoms with Gasteiger partial charge in [0.25, 0.3) is 0 Å². The van der Waals surface area contributed by atoms with Crippen LogP contribution in [0.25, 0.3) is 0 Å². The van der Waals surface area contributed by atoms with Gasteiger partial charge in [0.1, 0.15) is 0 Å². The Balaban J connectivity index is 3.85. The van der Waals surface area contributed by atoms with Gasteiger partial charge in [-0.05, 0) is 19.3 Å². The summed E-state index contributed by atoms with van der Waals surface area (Å²) in [6.45, 7) is 10.6. The Morgan fingerprint density at radius 3 is 2.50 bits per heavy atom. The fraction of sp³-hybridized carbons (Fsp3) is 0.818. The molecule has 2 N–H and O–H groups in total. The minimum absolute atomic E-state index is 0.131. The van der Waals surface area contributed by atoms with Crippen LogP contribution in [0.1, 0.15) is 27.2 Å². The van der Waals surface area contributed by atoms with Gasteiger partial charge in [0, 0.05) is 19.1 Å². The third-order valence-corrected chi connectivity index (χ3v) is 4.06. The molecule has 16 heavy (non-hydrogen) atoms. The second-order valence-corrected chi connectivity index (χ2v) is 5.99. The highest BCUT2D eigenvalue weighted by molar-refractivity contribution is 7.89. The van der Waals surface area contributed by atoms with Gasteiger partial charge in [-0.15, -0.1) is 6.58 Å². The van der Waals surface area contributed by atoms with Gasteiger partial charge < -0.3 is 5.32 Å². The van der Waals surface area contributed by atoms with Gasteiger partial charge in [0.05, 0.1) is 5.75 Å². The summed E-state index contributed by atoms with van der Waals surface area (Å²) in [7, 11) is -3.10. The monoisotopic (exact) mass is 248 g/mol. The van der Waals surface area contributed by atoms with Gasteiger partial charge >= 0.3 is 0 Å². The van der Waals surface area contributed by atoms with Crippen LogP contribution < -0.4 is 10.0 Å². The maximum absolute atomic E-state index is 11.3. The number of nitrogens with one attached hydrogen (secondary N) is 2. The molecule has 0 amide bonds. The average Bonchev–Trinajstić information content (AvgIpc) is 2.17. The van der Waals surface area contributed by atoms with Crippen LogP contribution in [0.2, 0.25) is 0 Å². The summed E-state index contributed by atoms with van der Waals surface area (Å²) < 4.78 is 25.1. The van der Waals surface area contributed by atoms with E-state index in [1.165, 1.54) is 0 Å². The van der Waals surface area contributed by atoms with Gasteiger partial charge in [-0.3, -0.25) is 0 Å². The lowest BCUT2D eigenvalue weighted by atomic mass is 10.0. The smallest absolute Gasteiger partial charge is 0.212 e. The highest BCUT2D eigenvalue weighted by atomic mass is 32.2.